The van der Waals surface area contributed by atoms with Gasteiger partial charge in [-0.15, -0.1) is 6.58 Å². The molecule has 4 atom stereocenters. The average Bonchev–Trinajstić information content (AvgIpc) is 3.39. The lowest BCUT2D eigenvalue weighted by molar-refractivity contribution is -0.143. The molecular weight excluding hydrogens is 414 g/mol. The molecule has 5 rings (SSSR count). The second-order valence-corrected chi connectivity index (χ2v) is 9.17. The van der Waals surface area contributed by atoms with Crippen molar-refractivity contribution in [3.8, 4) is 0 Å². The van der Waals surface area contributed by atoms with E-state index < -0.39 is 17.4 Å². The maximum absolute atomic E-state index is 14.0. The van der Waals surface area contributed by atoms with Crippen LogP contribution in [0.4, 0.5) is 5.69 Å². The minimum Gasteiger partial charge on any atom is -0.306 e. The number of fused-ring (bicyclic) bond motifs is 4. The Morgan fingerprint density at radius 1 is 1.00 bits per heavy atom. The van der Waals surface area contributed by atoms with Crippen LogP contribution in [0.25, 0.3) is 0 Å². The van der Waals surface area contributed by atoms with E-state index in [9.17, 15) is 14.4 Å². The topological polar surface area (TPSA) is 69.7 Å². The fourth-order valence-electron chi connectivity index (χ4n) is 5.91. The van der Waals surface area contributed by atoms with Crippen LogP contribution in [0.2, 0.25) is 0 Å². The Morgan fingerprint density at radius 3 is 2.45 bits per heavy atom. The van der Waals surface area contributed by atoms with Crippen LogP contribution < -0.4 is 10.2 Å². The third-order valence-electron chi connectivity index (χ3n) is 7.32. The number of likely N-dealkylation sites (tertiary alicyclic amines) is 1. The Labute approximate surface area is 194 Å². The van der Waals surface area contributed by atoms with E-state index in [4.69, 9.17) is 0 Å². The number of unbranched alkanes of at least 4 members (excludes halogenated alkanes) is 1. The predicted molar refractivity (Wildman–Crippen MR) is 126 cm³/mol. The van der Waals surface area contributed by atoms with Gasteiger partial charge >= 0.3 is 0 Å². The molecule has 2 fully saturated rings. The van der Waals surface area contributed by atoms with Crippen LogP contribution >= 0.6 is 0 Å². The van der Waals surface area contributed by atoms with Crippen LogP contribution in [0.5, 0.6) is 0 Å². The summed E-state index contributed by atoms with van der Waals surface area (Å²) in [6, 6.07) is 16.9. The summed E-state index contributed by atoms with van der Waals surface area (Å²) in [6.45, 7) is 6.50. The fraction of sp³-hybridized carbons (Fsp3) is 0.370. The van der Waals surface area contributed by atoms with Crippen molar-refractivity contribution < 1.29 is 14.4 Å². The molecule has 0 saturated carbocycles. The molecule has 170 valence electrons. The number of rotatable bonds is 7. The van der Waals surface area contributed by atoms with Crippen molar-refractivity contribution in [3.05, 3.63) is 78.4 Å². The molecule has 3 aliphatic rings. The molecule has 2 saturated heterocycles. The van der Waals surface area contributed by atoms with Gasteiger partial charge in [0.15, 0.2) is 0 Å². The molecule has 6 heteroatoms. The number of anilines is 1. The first-order valence-corrected chi connectivity index (χ1v) is 11.7. The molecule has 0 bridgehead atoms. The first kappa shape index (κ1) is 21.6. The van der Waals surface area contributed by atoms with Crippen molar-refractivity contribution in [3.63, 3.8) is 0 Å². The number of amides is 3. The number of imide groups is 1. The number of para-hydroxylation sites is 1. The molecule has 33 heavy (non-hydrogen) atoms. The first-order chi connectivity index (χ1) is 16.0. The fourth-order valence-corrected chi connectivity index (χ4v) is 5.91. The lowest BCUT2D eigenvalue weighted by Crippen LogP contribution is -2.55. The number of hydrogen-bond acceptors (Lipinski definition) is 4. The van der Waals surface area contributed by atoms with E-state index in [1.54, 1.807) is 11.0 Å². The first-order valence-electron chi connectivity index (χ1n) is 11.7. The monoisotopic (exact) mass is 443 g/mol. The van der Waals surface area contributed by atoms with Gasteiger partial charge in [-0.05, 0) is 18.1 Å². The van der Waals surface area contributed by atoms with Crippen LogP contribution in [-0.2, 0) is 26.5 Å². The van der Waals surface area contributed by atoms with E-state index in [2.05, 4.69) is 18.8 Å². The molecule has 3 heterocycles. The number of carbonyl (C=O) groups is 3. The lowest BCUT2D eigenvalue weighted by Gasteiger charge is -2.30. The van der Waals surface area contributed by atoms with Gasteiger partial charge in [-0.25, -0.2) is 0 Å². The third-order valence-corrected chi connectivity index (χ3v) is 7.32. The van der Waals surface area contributed by atoms with Crippen LogP contribution in [-0.4, -0.2) is 35.2 Å². The molecule has 2 aromatic rings. The normalized spacial score (nSPS) is 28.0. The highest BCUT2D eigenvalue weighted by Gasteiger charge is 2.71. The third kappa shape index (κ3) is 3.08. The van der Waals surface area contributed by atoms with Gasteiger partial charge in [0, 0.05) is 23.8 Å². The Hall–Kier alpha value is -3.25. The van der Waals surface area contributed by atoms with Gasteiger partial charge in [0.25, 0.3) is 5.91 Å². The standard InChI is InChI=1S/C27H29N3O3/c1-3-5-14-20-22-23(25(32)30(24(22)31)17-18-11-7-6-8-12-18)27(28-20)19-13-9-10-15-21(19)29(16-4-2)26(27)33/h4,6-13,15,20,22-23,28H,2-3,5,14,16-17H2,1H3/t20-,22-,23-,27+/m1/s1. The van der Waals surface area contributed by atoms with Crippen molar-refractivity contribution in [2.75, 3.05) is 11.4 Å². The Bertz CT molecular complexity index is 1110. The summed E-state index contributed by atoms with van der Waals surface area (Å²) >= 11 is 0. The Kier molecular flexibility index (Phi) is 5.41. The molecule has 2 aromatic carbocycles. The number of benzene rings is 2. The van der Waals surface area contributed by atoms with Gasteiger partial charge in [-0.1, -0.05) is 74.4 Å². The number of carbonyl (C=O) groups excluding carboxylic acids is 3. The summed E-state index contributed by atoms with van der Waals surface area (Å²) in [5.74, 6) is -1.90. The van der Waals surface area contributed by atoms with Gasteiger partial charge in [-0.3, -0.25) is 24.6 Å². The zero-order chi connectivity index (χ0) is 23.2. The summed E-state index contributed by atoms with van der Waals surface area (Å²) in [4.78, 5) is 44.6. The van der Waals surface area contributed by atoms with Gasteiger partial charge in [0.2, 0.25) is 11.8 Å². The van der Waals surface area contributed by atoms with Crippen molar-refractivity contribution in [2.24, 2.45) is 11.8 Å². The second-order valence-electron chi connectivity index (χ2n) is 9.17. The van der Waals surface area contributed by atoms with Gasteiger partial charge < -0.3 is 4.90 Å². The lowest BCUT2D eigenvalue weighted by atomic mass is 9.76. The summed E-state index contributed by atoms with van der Waals surface area (Å²) in [7, 11) is 0. The highest BCUT2D eigenvalue weighted by Crippen LogP contribution is 2.55. The quantitative estimate of drug-likeness (QED) is 0.526. The van der Waals surface area contributed by atoms with Gasteiger partial charge in [0.05, 0.1) is 18.4 Å². The second kappa shape index (κ2) is 8.27. The van der Waals surface area contributed by atoms with E-state index in [1.165, 1.54) is 4.90 Å². The highest BCUT2D eigenvalue weighted by molar-refractivity contribution is 6.16. The molecule has 0 aliphatic carbocycles. The minimum absolute atomic E-state index is 0.166. The molecule has 1 N–H and O–H groups in total. The van der Waals surface area contributed by atoms with Crippen molar-refractivity contribution in [1.82, 2.24) is 10.2 Å². The van der Waals surface area contributed by atoms with Crippen molar-refractivity contribution >= 4 is 23.4 Å². The molecule has 6 nitrogen and oxygen atoms in total. The summed E-state index contributed by atoms with van der Waals surface area (Å²) in [6.07, 6.45) is 4.33. The van der Waals surface area contributed by atoms with Crippen LogP contribution in [0, 0.1) is 11.8 Å². The number of hydrogen-bond donors (Lipinski definition) is 1. The summed E-state index contributed by atoms with van der Waals surface area (Å²) in [5, 5.41) is 3.55. The minimum atomic E-state index is -1.22. The molecular formula is C27H29N3O3. The Morgan fingerprint density at radius 2 is 1.73 bits per heavy atom. The van der Waals surface area contributed by atoms with E-state index >= 15 is 0 Å². The Balaban J connectivity index is 1.61. The van der Waals surface area contributed by atoms with Crippen molar-refractivity contribution in [2.45, 2.75) is 44.3 Å². The van der Waals surface area contributed by atoms with E-state index in [1.807, 2.05) is 54.6 Å². The number of nitrogens with one attached hydrogen (secondary N) is 1. The zero-order valence-electron chi connectivity index (χ0n) is 18.9. The molecule has 3 amide bonds. The van der Waals surface area contributed by atoms with Crippen LogP contribution in [0.3, 0.4) is 0 Å². The smallest absolute Gasteiger partial charge is 0.253 e. The van der Waals surface area contributed by atoms with Crippen LogP contribution in [0.15, 0.2) is 67.3 Å². The largest absolute Gasteiger partial charge is 0.306 e. The number of nitrogens with zero attached hydrogens (tertiary/aromatic N) is 2. The van der Waals surface area contributed by atoms with Crippen LogP contribution in [0.1, 0.15) is 37.3 Å². The van der Waals surface area contributed by atoms with Crippen molar-refractivity contribution in [1.29, 1.82) is 0 Å². The SMILES string of the molecule is C=CCN1C(=O)[C@]2(N[C@H](CCCC)[C@H]3C(=O)N(Cc4ccccc4)C(=O)[C@@H]32)c2ccccc21. The molecule has 1 spiro atoms. The van der Waals surface area contributed by atoms with Gasteiger partial charge in [-0.2, -0.15) is 0 Å². The van der Waals surface area contributed by atoms with E-state index in [-0.39, 0.29) is 30.3 Å². The zero-order valence-corrected chi connectivity index (χ0v) is 18.9. The molecule has 0 unspecified atom stereocenters. The highest BCUT2D eigenvalue weighted by atomic mass is 16.2. The average molecular weight is 444 g/mol. The van der Waals surface area contributed by atoms with E-state index in [0.717, 1.165) is 36.1 Å². The summed E-state index contributed by atoms with van der Waals surface area (Å²) in [5.41, 5.74) is 1.25. The predicted octanol–water partition coefficient (Wildman–Crippen LogP) is 3.38. The molecule has 0 radical (unpaired) electrons. The summed E-state index contributed by atoms with van der Waals surface area (Å²) < 4.78 is 0. The van der Waals surface area contributed by atoms with Gasteiger partial charge in [0.1, 0.15) is 5.54 Å². The van der Waals surface area contributed by atoms with E-state index in [0.29, 0.717) is 6.54 Å². The molecule has 3 aliphatic heterocycles. The maximum atomic E-state index is 14.0. The molecule has 0 aromatic heterocycles. The maximum Gasteiger partial charge on any atom is 0.253 e.